The van der Waals surface area contributed by atoms with E-state index in [0.29, 0.717) is 28.4 Å². The molecule has 1 spiro atoms. The van der Waals surface area contributed by atoms with Crippen molar-refractivity contribution in [1.82, 2.24) is 9.78 Å². The van der Waals surface area contributed by atoms with Crippen LogP contribution >= 0.6 is 0 Å². The maximum absolute atomic E-state index is 13.0. The number of carbonyl (C=O) groups is 1. The van der Waals surface area contributed by atoms with Crippen molar-refractivity contribution in [2.75, 3.05) is 5.32 Å². The number of nitriles is 1. The number of amides is 1. The second-order valence-electron chi connectivity index (χ2n) is 5.59. The van der Waals surface area contributed by atoms with Crippen LogP contribution in [0.5, 0.6) is 5.88 Å². The molecule has 1 aromatic carbocycles. The van der Waals surface area contributed by atoms with E-state index in [9.17, 15) is 10.1 Å². The Morgan fingerprint density at radius 1 is 1.43 bits per heavy atom. The van der Waals surface area contributed by atoms with Crippen LogP contribution in [0.1, 0.15) is 16.8 Å². The van der Waals surface area contributed by atoms with Crippen LogP contribution in [-0.2, 0) is 17.3 Å². The molecule has 0 radical (unpaired) electrons. The Morgan fingerprint density at radius 3 is 2.91 bits per heavy atom. The molecule has 0 bridgehead atoms. The van der Waals surface area contributed by atoms with Gasteiger partial charge in [-0.3, -0.25) is 4.79 Å². The molecule has 23 heavy (non-hydrogen) atoms. The molecule has 0 fully saturated rings. The van der Waals surface area contributed by atoms with Crippen LogP contribution < -0.4 is 15.8 Å². The molecule has 7 heteroatoms. The van der Waals surface area contributed by atoms with Gasteiger partial charge in [0.05, 0.1) is 11.3 Å². The van der Waals surface area contributed by atoms with Crippen LogP contribution in [0.15, 0.2) is 35.7 Å². The summed E-state index contributed by atoms with van der Waals surface area (Å²) in [5.74, 6) is -0.0143. The zero-order valence-corrected chi connectivity index (χ0v) is 12.5. The number of nitrogens with two attached hydrogens (primary N) is 1. The van der Waals surface area contributed by atoms with Crippen LogP contribution in [0.4, 0.5) is 5.69 Å². The van der Waals surface area contributed by atoms with Crippen LogP contribution in [0.3, 0.4) is 0 Å². The standard InChI is InChI=1S/C16H13N5O2/c1-8-12-14(21(2)20-8)23-13(18)10(7-17)16(12)9-5-3-4-6-11(9)19-15(16)22/h3-6H,18H2,1-2H3,(H,19,22). The molecule has 1 atom stereocenters. The smallest absolute Gasteiger partial charge is 0.245 e. The Labute approximate surface area is 132 Å². The Kier molecular flexibility index (Phi) is 2.41. The van der Waals surface area contributed by atoms with Gasteiger partial charge in [0.1, 0.15) is 17.1 Å². The molecular formula is C16H13N5O2. The summed E-state index contributed by atoms with van der Waals surface area (Å²) in [4.78, 5) is 13.0. The number of fused-ring (bicyclic) bond motifs is 4. The van der Waals surface area contributed by atoms with Crippen molar-refractivity contribution < 1.29 is 9.53 Å². The SMILES string of the molecule is Cc1nn(C)c2c1C1(C(=O)Nc3ccccc31)C(C#N)=C(N)O2. The summed E-state index contributed by atoms with van der Waals surface area (Å²) in [5.41, 5.74) is 7.27. The largest absolute Gasteiger partial charge is 0.422 e. The summed E-state index contributed by atoms with van der Waals surface area (Å²) in [6.07, 6.45) is 0. The molecule has 114 valence electrons. The van der Waals surface area contributed by atoms with Crippen LogP contribution in [0.2, 0.25) is 0 Å². The third-order valence-corrected chi connectivity index (χ3v) is 4.40. The molecule has 1 unspecified atom stereocenters. The number of ether oxygens (including phenoxy) is 1. The van der Waals surface area contributed by atoms with Gasteiger partial charge in [0.15, 0.2) is 0 Å². The zero-order valence-electron chi connectivity index (χ0n) is 12.5. The molecule has 2 aliphatic heterocycles. The molecule has 3 heterocycles. The van der Waals surface area contributed by atoms with E-state index in [2.05, 4.69) is 16.5 Å². The second kappa shape index (κ2) is 4.14. The monoisotopic (exact) mass is 307 g/mol. The molecular weight excluding hydrogens is 294 g/mol. The number of anilines is 1. The van der Waals surface area contributed by atoms with Gasteiger partial charge in [-0.25, -0.2) is 4.68 Å². The lowest BCUT2D eigenvalue weighted by atomic mass is 9.69. The van der Waals surface area contributed by atoms with Gasteiger partial charge in [0, 0.05) is 18.3 Å². The maximum atomic E-state index is 13.0. The second-order valence-corrected chi connectivity index (χ2v) is 5.59. The van der Waals surface area contributed by atoms with E-state index in [4.69, 9.17) is 10.5 Å². The van der Waals surface area contributed by atoms with Crippen molar-refractivity contribution in [3.63, 3.8) is 0 Å². The Hall–Kier alpha value is -3.27. The van der Waals surface area contributed by atoms with Gasteiger partial charge < -0.3 is 15.8 Å². The van der Waals surface area contributed by atoms with Crippen molar-refractivity contribution in [3.8, 4) is 11.9 Å². The Morgan fingerprint density at radius 2 is 2.17 bits per heavy atom. The lowest BCUT2D eigenvalue weighted by molar-refractivity contribution is -0.118. The molecule has 0 aliphatic carbocycles. The highest BCUT2D eigenvalue weighted by Crippen LogP contribution is 2.53. The van der Waals surface area contributed by atoms with Gasteiger partial charge in [-0.2, -0.15) is 10.4 Å². The van der Waals surface area contributed by atoms with Gasteiger partial charge in [-0.1, -0.05) is 18.2 Å². The van der Waals surface area contributed by atoms with Crippen molar-refractivity contribution in [1.29, 1.82) is 5.26 Å². The van der Waals surface area contributed by atoms with E-state index in [1.165, 1.54) is 4.68 Å². The molecule has 1 aromatic heterocycles. The zero-order chi connectivity index (χ0) is 16.4. The highest BCUT2D eigenvalue weighted by molar-refractivity contribution is 6.12. The van der Waals surface area contributed by atoms with Gasteiger partial charge in [-0.05, 0) is 13.0 Å². The molecule has 0 saturated carbocycles. The molecule has 0 saturated heterocycles. The number of aryl methyl sites for hydroxylation is 2. The predicted octanol–water partition coefficient (Wildman–Crippen LogP) is 1.05. The summed E-state index contributed by atoms with van der Waals surface area (Å²) in [5, 5.41) is 16.9. The minimum atomic E-state index is -1.32. The minimum absolute atomic E-state index is 0.0742. The Bertz CT molecular complexity index is 950. The first-order chi connectivity index (χ1) is 11.0. The molecule has 1 amide bonds. The first kappa shape index (κ1) is 13.4. The average molecular weight is 307 g/mol. The fraction of sp³-hybridized carbons (Fsp3) is 0.188. The lowest BCUT2D eigenvalue weighted by Crippen LogP contribution is -2.42. The third-order valence-electron chi connectivity index (χ3n) is 4.40. The number of rotatable bonds is 0. The quantitative estimate of drug-likeness (QED) is 0.756. The van der Waals surface area contributed by atoms with Gasteiger partial charge in [0.25, 0.3) is 0 Å². The summed E-state index contributed by atoms with van der Waals surface area (Å²) >= 11 is 0. The molecule has 2 aromatic rings. The molecule has 4 rings (SSSR count). The van der Waals surface area contributed by atoms with E-state index in [1.54, 1.807) is 20.0 Å². The van der Waals surface area contributed by atoms with Crippen molar-refractivity contribution >= 4 is 11.6 Å². The normalized spacial score (nSPS) is 21.5. The third kappa shape index (κ3) is 1.38. The van der Waals surface area contributed by atoms with Crippen LogP contribution in [0.25, 0.3) is 0 Å². The number of carbonyl (C=O) groups excluding carboxylic acids is 1. The number of benzene rings is 1. The molecule has 7 nitrogen and oxygen atoms in total. The van der Waals surface area contributed by atoms with E-state index >= 15 is 0 Å². The summed E-state index contributed by atoms with van der Waals surface area (Å²) in [6, 6.07) is 9.34. The highest BCUT2D eigenvalue weighted by atomic mass is 16.5. The first-order valence-electron chi connectivity index (χ1n) is 7.05. The van der Waals surface area contributed by atoms with Crippen LogP contribution in [-0.4, -0.2) is 15.7 Å². The predicted molar refractivity (Wildman–Crippen MR) is 81.3 cm³/mol. The van der Waals surface area contributed by atoms with E-state index in [1.807, 2.05) is 18.2 Å². The lowest BCUT2D eigenvalue weighted by Gasteiger charge is -2.32. The number of aromatic nitrogens is 2. The number of hydrogen-bond acceptors (Lipinski definition) is 5. The summed E-state index contributed by atoms with van der Waals surface area (Å²) in [7, 11) is 1.71. The van der Waals surface area contributed by atoms with Crippen LogP contribution in [0, 0.1) is 18.3 Å². The van der Waals surface area contributed by atoms with E-state index in [0.717, 1.165) is 0 Å². The Balaban J connectivity index is 2.20. The van der Waals surface area contributed by atoms with Crippen molar-refractivity contribution in [2.24, 2.45) is 12.8 Å². The van der Waals surface area contributed by atoms with E-state index in [-0.39, 0.29) is 17.4 Å². The average Bonchev–Trinajstić information content (AvgIpc) is 2.96. The number of nitrogens with one attached hydrogen (secondary N) is 1. The molecule has 2 aliphatic rings. The van der Waals surface area contributed by atoms with Gasteiger partial charge in [-0.15, -0.1) is 0 Å². The summed E-state index contributed by atoms with van der Waals surface area (Å²) in [6.45, 7) is 1.79. The fourth-order valence-electron chi connectivity index (χ4n) is 3.54. The van der Waals surface area contributed by atoms with E-state index < -0.39 is 5.41 Å². The first-order valence-corrected chi connectivity index (χ1v) is 7.05. The molecule has 3 N–H and O–H groups in total. The maximum Gasteiger partial charge on any atom is 0.245 e. The van der Waals surface area contributed by atoms with Crippen molar-refractivity contribution in [2.45, 2.75) is 12.3 Å². The minimum Gasteiger partial charge on any atom is -0.422 e. The van der Waals surface area contributed by atoms with Crippen molar-refractivity contribution in [3.05, 3.63) is 52.5 Å². The number of nitrogens with zero attached hydrogens (tertiary/aromatic N) is 3. The highest BCUT2D eigenvalue weighted by Gasteiger charge is 2.58. The fourth-order valence-corrected chi connectivity index (χ4v) is 3.54. The van der Waals surface area contributed by atoms with Gasteiger partial charge in [0.2, 0.25) is 17.7 Å². The number of hydrogen-bond donors (Lipinski definition) is 2. The summed E-state index contributed by atoms with van der Waals surface area (Å²) < 4.78 is 7.12. The van der Waals surface area contributed by atoms with Gasteiger partial charge >= 0.3 is 0 Å². The number of para-hydroxylation sites is 1. The topological polar surface area (TPSA) is 106 Å².